The van der Waals surface area contributed by atoms with Gasteiger partial charge >= 0.3 is 6.03 Å². The Bertz CT molecular complexity index is 716. The van der Waals surface area contributed by atoms with Crippen molar-refractivity contribution in [1.82, 2.24) is 20.1 Å². The highest BCUT2D eigenvalue weighted by Crippen LogP contribution is 2.28. The van der Waals surface area contributed by atoms with Crippen molar-refractivity contribution in [1.29, 1.82) is 0 Å². The number of ether oxygens (including phenoxy) is 1. The molecule has 2 N–H and O–H groups in total. The van der Waals surface area contributed by atoms with Crippen LogP contribution >= 0.6 is 0 Å². The van der Waals surface area contributed by atoms with E-state index in [1.165, 1.54) is 12.0 Å². The van der Waals surface area contributed by atoms with Gasteiger partial charge in [-0.2, -0.15) is 5.10 Å². The van der Waals surface area contributed by atoms with Crippen molar-refractivity contribution in [2.45, 2.75) is 31.7 Å². The van der Waals surface area contributed by atoms with E-state index in [2.05, 4.69) is 20.5 Å². The molecule has 2 amide bonds. The molecule has 24 heavy (non-hydrogen) atoms. The number of nitrogens with one attached hydrogen (secondary N) is 2. The zero-order valence-corrected chi connectivity index (χ0v) is 13.5. The van der Waals surface area contributed by atoms with E-state index < -0.39 is 0 Å². The summed E-state index contributed by atoms with van der Waals surface area (Å²) in [5.74, 6) is 0. The summed E-state index contributed by atoms with van der Waals surface area (Å²) in [6, 6.07) is 3.54. The van der Waals surface area contributed by atoms with Gasteiger partial charge in [-0.15, -0.1) is 0 Å². The van der Waals surface area contributed by atoms with Crippen molar-refractivity contribution in [2.75, 3.05) is 25.1 Å². The Morgan fingerprint density at radius 3 is 3.08 bits per heavy atom. The van der Waals surface area contributed by atoms with Crippen LogP contribution in [0.1, 0.15) is 35.8 Å². The van der Waals surface area contributed by atoms with E-state index in [1.54, 1.807) is 12.4 Å². The van der Waals surface area contributed by atoms with E-state index in [4.69, 9.17) is 4.74 Å². The lowest BCUT2D eigenvalue weighted by molar-refractivity contribution is 0.0133. The second-order valence-electron chi connectivity index (χ2n) is 6.22. The molecule has 1 unspecified atom stereocenters. The van der Waals surface area contributed by atoms with Gasteiger partial charge in [0.1, 0.15) is 0 Å². The minimum absolute atomic E-state index is 0.100. The van der Waals surface area contributed by atoms with Crippen LogP contribution in [-0.2, 0) is 17.6 Å². The molecule has 0 saturated carbocycles. The van der Waals surface area contributed by atoms with Gasteiger partial charge in [-0.25, -0.2) is 4.79 Å². The number of H-pyrrole nitrogens is 1. The topological polar surface area (TPSA) is 83.1 Å². The third kappa shape index (κ3) is 2.87. The van der Waals surface area contributed by atoms with Gasteiger partial charge in [0.25, 0.3) is 0 Å². The number of aromatic amines is 1. The maximum atomic E-state index is 12.9. The molecule has 0 bridgehead atoms. The third-order valence-electron chi connectivity index (χ3n) is 4.75. The van der Waals surface area contributed by atoms with Crippen LogP contribution in [0.3, 0.4) is 0 Å². The van der Waals surface area contributed by atoms with Gasteiger partial charge in [0.15, 0.2) is 0 Å². The first-order valence-electron chi connectivity index (χ1n) is 8.44. The average Bonchev–Trinajstić information content (AvgIpc) is 3.16. The summed E-state index contributed by atoms with van der Waals surface area (Å²) < 4.78 is 5.55. The average molecular weight is 327 g/mol. The van der Waals surface area contributed by atoms with Gasteiger partial charge in [0.2, 0.25) is 0 Å². The number of carbonyl (C=O) groups excluding carboxylic acids is 1. The minimum Gasteiger partial charge on any atom is -0.377 e. The predicted octanol–water partition coefficient (Wildman–Crippen LogP) is 2.29. The Labute approximate surface area is 140 Å². The number of hydrogen-bond donors (Lipinski definition) is 2. The van der Waals surface area contributed by atoms with Crippen molar-refractivity contribution in [3.8, 4) is 0 Å². The molecule has 126 valence electrons. The number of hydrogen-bond acceptors (Lipinski definition) is 4. The first-order valence-corrected chi connectivity index (χ1v) is 8.44. The Hall–Kier alpha value is -2.41. The zero-order chi connectivity index (χ0) is 16.4. The fraction of sp³-hybridized carbons (Fsp3) is 0.471. The molecule has 0 aromatic carbocycles. The second-order valence-corrected chi connectivity index (χ2v) is 6.22. The normalized spacial score (nSPS) is 20.5. The Morgan fingerprint density at radius 1 is 1.29 bits per heavy atom. The maximum absolute atomic E-state index is 12.9. The number of pyridine rings is 1. The predicted molar refractivity (Wildman–Crippen MR) is 88.8 cm³/mol. The van der Waals surface area contributed by atoms with Gasteiger partial charge in [0, 0.05) is 30.3 Å². The second kappa shape index (κ2) is 6.60. The summed E-state index contributed by atoms with van der Waals surface area (Å²) >= 11 is 0. The summed E-state index contributed by atoms with van der Waals surface area (Å²) in [5, 5.41) is 10.0. The van der Waals surface area contributed by atoms with Crippen LogP contribution in [0.4, 0.5) is 10.5 Å². The SMILES string of the molecule is O=C(Nc1ccnc2c1CCCC2)N1CCOCC1c1ccn[nH]1. The molecule has 1 fully saturated rings. The molecular formula is C17H21N5O2. The number of urea groups is 1. The highest BCUT2D eigenvalue weighted by atomic mass is 16.5. The number of aromatic nitrogens is 3. The first kappa shape index (κ1) is 15.1. The van der Waals surface area contributed by atoms with Crippen LogP contribution in [0.2, 0.25) is 0 Å². The van der Waals surface area contributed by atoms with E-state index in [0.29, 0.717) is 19.8 Å². The fourth-order valence-electron chi connectivity index (χ4n) is 3.49. The van der Waals surface area contributed by atoms with E-state index in [1.807, 2.05) is 17.0 Å². The van der Waals surface area contributed by atoms with Crippen LogP contribution in [0.15, 0.2) is 24.5 Å². The number of nitrogens with zero attached hydrogens (tertiary/aromatic N) is 3. The maximum Gasteiger partial charge on any atom is 0.322 e. The largest absolute Gasteiger partial charge is 0.377 e. The Balaban J connectivity index is 1.55. The lowest BCUT2D eigenvalue weighted by atomic mass is 9.95. The summed E-state index contributed by atoms with van der Waals surface area (Å²) in [7, 11) is 0. The number of anilines is 1. The molecule has 2 aliphatic rings. The van der Waals surface area contributed by atoms with Gasteiger partial charge in [0.05, 0.1) is 24.9 Å². The van der Waals surface area contributed by atoms with E-state index >= 15 is 0 Å². The molecule has 0 radical (unpaired) electrons. The number of fused-ring (bicyclic) bond motifs is 1. The smallest absolute Gasteiger partial charge is 0.322 e. The monoisotopic (exact) mass is 327 g/mol. The van der Waals surface area contributed by atoms with Crippen molar-refractivity contribution >= 4 is 11.7 Å². The molecular weight excluding hydrogens is 306 g/mol. The molecule has 7 nitrogen and oxygen atoms in total. The first-order chi connectivity index (χ1) is 11.8. The van der Waals surface area contributed by atoms with Crippen LogP contribution in [0.25, 0.3) is 0 Å². The van der Waals surface area contributed by atoms with Gasteiger partial charge in [-0.1, -0.05) is 0 Å². The van der Waals surface area contributed by atoms with Gasteiger partial charge in [-0.3, -0.25) is 10.1 Å². The van der Waals surface area contributed by atoms with Crippen LogP contribution in [0.5, 0.6) is 0 Å². The molecule has 1 atom stereocenters. The van der Waals surface area contributed by atoms with Crippen LogP contribution < -0.4 is 5.32 Å². The van der Waals surface area contributed by atoms with E-state index in [-0.39, 0.29) is 12.1 Å². The lowest BCUT2D eigenvalue weighted by Crippen LogP contribution is -2.45. The fourth-order valence-corrected chi connectivity index (χ4v) is 3.49. The Morgan fingerprint density at radius 2 is 2.21 bits per heavy atom. The molecule has 1 aliphatic carbocycles. The molecule has 2 aromatic heterocycles. The van der Waals surface area contributed by atoms with E-state index in [0.717, 1.165) is 36.3 Å². The van der Waals surface area contributed by atoms with Crippen molar-refractivity contribution < 1.29 is 9.53 Å². The number of morpholine rings is 1. The molecule has 2 aromatic rings. The molecule has 3 heterocycles. The minimum atomic E-state index is -0.140. The van der Waals surface area contributed by atoms with Crippen molar-refractivity contribution in [3.63, 3.8) is 0 Å². The summed E-state index contributed by atoms with van der Waals surface area (Å²) in [4.78, 5) is 19.1. The van der Waals surface area contributed by atoms with Crippen molar-refractivity contribution in [3.05, 3.63) is 41.5 Å². The zero-order valence-electron chi connectivity index (χ0n) is 13.5. The summed E-state index contributed by atoms with van der Waals surface area (Å²) in [6.07, 6.45) is 7.77. The molecule has 0 spiro atoms. The highest BCUT2D eigenvalue weighted by molar-refractivity contribution is 5.90. The lowest BCUT2D eigenvalue weighted by Gasteiger charge is -2.35. The summed E-state index contributed by atoms with van der Waals surface area (Å²) in [5.41, 5.74) is 4.08. The molecule has 1 aliphatic heterocycles. The van der Waals surface area contributed by atoms with E-state index in [9.17, 15) is 4.79 Å². The molecule has 1 saturated heterocycles. The quantitative estimate of drug-likeness (QED) is 0.886. The number of rotatable bonds is 2. The van der Waals surface area contributed by atoms with Crippen LogP contribution in [0, 0.1) is 0 Å². The number of carbonyl (C=O) groups is 1. The standard InChI is InChI=1S/C17H21N5O2/c23-17(20-14-5-7-18-13-4-2-1-3-12(13)14)22-9-10-24-11-16(22)15-6-8-19-21-15/h5-8,16H,1-4,9-11H2,(H,19,21)(H,18,20,23). The Kier molecular flexibility index (Phi) is 4.17. The van der Waals surface area contributed by atoms with Crippen molar-refractivity contribution in [2.24, 2.45) is 0 Å². The van der Waals surface area contributed by atoms with Gasteiger partial charge in [-0.05, 0) is 43.4 Å². The van der Waals surface area contributed by atoms with Gasteiger partial charge < -0.3 is 15.0 Å². The third-order valence-corrected chi connectivity index (χ3v) is 4.75. The highest BCUT2D eigenvalue weighted by Gasteiger charge is 2.30. The van der Waals surface area contributed by atoms with Crippen LogP contribution in [-0.4, -0.2) is 45.9 Å². The summed E-state index contributed by atoms with van der Waals surface area (Å²) in [6.45, 7) is 1.58. The number of aryl methyl sites for hydroxylation is 1. The molecule has 7 heteroatoms. The number of amides is 2. The molecule has 4 rings (SSSR count).